The topological polar surface area (TPSA) is 75.6 Å². The van der Waals surface area contributed by atoms with Crippen LogP contribution in [0.5, 0.6) is 5.75 Å². The van der Waals surface area contributed by atoms with Crippen LogP contribution in [0.4, 0.5) is 0 Å². The Hall–Kier alpha value is -2.04. The van der Waals surface area contributed by atoms with E-state index in [0.717, 1.165) is 5.75 Å². The van der Waals surface area contributed by atoms with Crippen LogP contribution >= 0.6 is 0 Å². The Morgan fingerprint density at radius 2 is 1.95 bits per heavy atom. The quantitative estimate of drug-likeness (QED) is 0.650. The van der Waals surface area contributed by atoms with E-state index in [0.29, 0.717) is 38.8 Å². The number of ether oxygens (including phenoxy) is 1. The van der Waals surface area contributed by atoms with E-state index in [9.17, 15) is 9.59 Å². The van der Waals surface area contributed by atoms with Crippen LogP contribution in [0.1, 0.15) is 32.6 Å². The molecule has 0 bridgehead atoms. The molecule has 2 N–H and O–H groups in total. The van der Waals surface area contributed by atoms with Gasteiger partial charge in [0.1, 0.15) is 5.75 Å². The number of hydrogen-bond acceptors (Lipinski definition) is 3. The summed E-state index contributed by atoms with van der Waals surface area (Å²) in [4.78, 5) is 22.2. The minimum atomic E-state index is -0.792. The van der Waals surface area contributed by atoms with E-state index in [1.807, 2.05) is 30.3 Å². The van der Waals surface area contributed by atoms with Crippen molar-refractivity contribution in [1.29, 1.82) is 0 Å². The number of carboxylic acids is 1. The van der Waals surface area contributed by atoms with Gasteiger partial charge >= 0.3 is 5.97 Å². The van der Waals surface area contributed by atoms with Crippen molar-refractivity contribution in [1.82, 2.24) is 5.32 Å². The second-order valence-electron chi connectivity index (χ2n) is 5.00. The van der Waals surface area contributed by atoms with E-state index in [1.54, 1.807) is 6.92 Å². The van der Waals surface area contributed by atoms with Crippen molar-refractivity contribution in [3.8, 4) is 5.75 Å². The Bertz CT molecular complexity index is 433. The van der Waals surface area contributed by atoms with Gasteiger partial charge in [0.25, 0.3) is 0 Å². The number of para-hydroxylation sites is 1. The molecule has 0 aromatic heterocycles. The van der Waals surface area contributed by atoms with Crippen molar-refractivity contribution in [2.45, 2.75) is 32.6 Å². The normalized spacial score (nSPS) is 11.7. The molecule has 21 heavy (non-hydrogen) atoms. The third-order valence-corrected chi connectivity index (χ3v) is 3.12. The molecule has 0 heterocycles. The predicted molar refractivity (Wildman–Crippen MR) is 80.2 cm³/mol. The van der Waals surface area contributed by atoms with E-state index in [1.165, 1.54) is 0 Å². The molecule has 1 aromatic rings. The molecule has 5 heteroatoms. The Morgan fingerprint density at radius 1 is 1.24 bits per heavy atom. The summed E-state index contributed by atoms with van der Waals surface area (Å²) in [5, 5.41) is 11.5. The highest BCUT2D eigenvalue weighted by Crippen LogP contribution is 2.08. The summed E-state index contributed by atoms with van der Waals surface area (Å²) in [6, 6.07) is 9.49. The summed E-state index contributed by atoms with van der Waals surface area (Å²) in [5.74, 6) is -0.365. The Kier molecular flexibility index (Phi) is 7.94. The first-order chi connectivity index (χ1) is 10.1. The van der Waals surface area contributed by atoms with Gasteiger partial charge in [0.05, 0.1) is 12.5 Å². The van der Waals surface area contributed by atoms with Gasteiger partial charge in [-0.15, -0.1) is 0 Å². The second kappa shape index (κ2) is 9.80. The maximum Gasteiger partial charge on any atom is 0.306 e. The first-order valence-electron chi connectivity index (χ1n) is 7.27. The van der Waals surface area contributed by atoms with Crippen molar-refractivity contribution < 1.29 is 19.4 Å². The number of benzene rings is 1. The van der Waals surface area contributed by atoms with Gasteiger partial charge in [-0.3, -0.25) is 9.59 Å². The molecule has 0 spiro atoms. The van der Waals surface area contributed by atoms with Crippen LogP contribution in [0.2, 0.25) is 0 Å². The molecule has 0 saturated heterocycles. The van der Waals surface area contributed by atoms with Crippen LogP contribution in [-0.4, -0.2) is 30.1 Å². The zero-order chi connectivity index (χ0) is 15.5. The molecule has 1 unspecified atom stereocenters. The zero-order valence-electron chi connectivity index (χ0n) is 12.4. The summed E-state index contributed by atoms with van der Waals surface area (Å²) in [5.41, 5.74) is 0. The molecule has 116 valence electrons. The van der Waals surface area contributed by atoms with E-state index in [-0.39, 0.29) is 11.8 Å². The number of carbonyl (C=O) groups is 2. The highest BCUT2D eigenvalue weighted by molar-refractivity contribution is 5.75. The minimum Gasteiger partial charge on any atom is -0.494 e. The first-order valence-corrected chi connectivity index (χ1v) is 7.27. The van der Waals surface area contributed by atoms with Gasteiger partial charge in [-0.25, -0.2) is 0 Å². The van der Waals surface area contributed by atoms with Gasteiger partial charge in [0.15, 0.2) is 0 Å². The fourth-order valence-corrected chi connectivity index (χ4v) is 1.79. The van der Waals surface area contributed by atoms with E-state index < -0.39 is 5.97 Å². The van der Waals surface area contributed by atoms with E-state index >= 15 is 0 Å². The maximum atomic E-state index is 11.5. The molecule has 1 aromatic carbocycles. The molecule has 0 saturated carbocycles. The third-order valence-electron chi connectivity index (χ3n) is 3.12. The lowest BCUT2D eigenvalue weighted by atomic mass is 10.1. The first kappa shape index (κ1) is 17.0. The largest absolute Gasteiger partial charge is 0.494 e. The Morgan fingerprint density at radius 3 is 2.62 bits per heavy atom. The summed E-state index contributed by atoms with van der Waals surface area (Å²) in [6.07, 6.45) is 2.33. The SMILES string of the molecule is CC(CCCNC(=O)CCCOc1ccccc1)C(=O)O. The van der Waals surface area contributed by atoms with Crippen molar-refractivity contribution in [2.75, 3.05) is 13.2 Å². The fraction of sp³-hybridized carbons (Fsp3) is 0.500. The molecule has 0 fully saturated rings. The molecule has 0 aliphatic rings. The molecule has 0 aliphatic carbocycles. The lowest BCUT2D eigenvalue weighted by Crippen LogP contribution is -2.25. The summed E-state index contributed by atoms with van der Waals surface area (Å²) >= 11 is 0. The van der Waals surface area contributed by atoms with Crippen molar-refractivity contribution in [2.24, 2.45) is 5.92 Å². The monoisotopic (exact) mass is 293 g/mol. The van der Waals surface area contributed by atoms with Crippen LogP contribution in [0.25, 0.3) is 0 Å². The summed E-state index contributed by atoms with van der Waals surface area (Å²) in [7, 11) is 0. The van der Waals surface area contributed by atoms with Crippen LogP contribution < -0.4 is 10.1 Å². The highest BCUT2D eigenvalue weighted by atomic mass is 16.5. The number of hydrogen-bond donors (Lipinski definition) is 2. The van der Waals surface area contributed by atoms with Gasteiger partial charge < -0.3 is 15.2 Å². The smallest absolute Gasteiger partial charge is 0.306 e. The number of carbonyl (C=O) groups excluding carboxylic acids is 1. The molecule has 1 amide bonds. The second-order valence-corrected chi connectivity index (χ2v) is 5.00. The summed E-state index contributed by atoms with van der Waals surface area (Å²) < 4.78 is 5.49. The van der Waals surface area contributed by atoms with Crippen molar-refractivity contribution >= 4 is 11.9 Å². The van der Waals surface area contributed by atoms with Gasteiger partial charge in [0.2, 0.25) is 5.91 Å². The molecular weight excluding hydrogens is 270 g/mol. The number of rotatable bonds is 10. The number of nitrogens with one attached hydrogen (secondary N) is 1. The Labute approximate surface area is 125 Å². The van der Waals surface area contributed by atoms with Gasteiger partial charge in [-0.1, -0.05) is 25.1 Å². The van der Waals surface area contributed by atoms with Crippen LogP contribution in [0.15, 0.2) is 30.3 Å². The number of aliphatic carboxylic acids is 1. The standard InChI is InChI=1S/C16H23NO4/c1-13(16(19)20)7-5-11-17-15(18)10-6-12-21-14-8-3-2-4-9-14/h2-4,8-9,13H,5-7,10-12H2,1H3,(H,17,18)(H,19,20). The fourth-order valence-electron chi connectivity index (χ4n) is 1.79. The van der Waals surface area contributed by atoms with Crippen LogP contribution in [0, 0.1) is 5.92 Å². The molecule has 5 nitrogen and oxygen atoms in total. The van der Waals surface area contributed by atoms with Gasteiger partial charge in [-0.05, 0) is 31.4 Å². The van der Waals surface area contributed by atoms with E-state index in [4.69, 9.17) is 9.84 Å². The average molecular weight is 293 g/mol. The number of amides is 1. The van der Waals surface area contributed by atoms with E-state index in [2.05, 4.69) is 5.32 Å². The summed E-state index contributed by atoms with van der Waals surface area (Å²) in [6.45, 7) is 2.70. The molecular formula is C16H23NO4. The highest BCUT2D eigenvalue weighted by Gasteiger charge is 2.10. The van der Waals surface area contributed by atoms with Crippen molar-refractivity contribution in [3.05, 3.63) is 30.3 Å². The molecule has 1 atom stereocenters. The maximum absolute atomic E-state index is 11.5. The molecule has 0 radical (unpaired) electrons. The molecule has 1 rings (SSSR count). The average Bonchev–Trinajstić information content (AvgIpc) is 2.49. The molecule has 0 aliphatic heterocycles. The van der Waals surface area contributed by atoms with Crippen molar-refractivity contribution in [3.63, 3.8) is 0 Å². The van der Waals surface area contributed by atoms with Crippen LogP contribution in [-0.2, 0) is 9.59 Å². The lowest BCUT2D eigenvalue weighted by molar-refractivity contribution is -0.141. The Balaban J connectivity index is 2.00. The van der Waals surface area contributed by atoms with Gasteiger partial charge in [-0.2, -0.15) is 0 Å². The predicted octanol–water partition coefficient (Wildman–Crippen LogP) is 2.46. The zero-order valence-corrected chi connectivity index (χ0v) is 12.4. The third kappa shape index (κ3) is 7.97. The number of carboxylic acid groups (broad SMARTS) is 1. The lowest BCUT2D eigenvalue weighted by Gasteiger charge is -2.08. The van der Waals surface area contributed by atoms with Crippen LogP contribution in [0.3, 0.4) is 0 Å². The van der Waals surface area contributed by atoms with Gasteiger partial charge in [0, 0.05) is 13.0 Å². The minimum absolute atomic E-state index is 0.0189.